The standard InChI is InChI=1S/C14H14N2O4S4.K/c1-2-15-9-5-3-4-6-10(9)22-13(15)11-12(17)16(14(21)23-11)7-8-24(18,19)20;/h3-6H,2,7-8H2,1H3,(H,18,19,20);. The van der Waals surface area contributed by atoms with Gasteiger partial charge in [-0.3, -0.25) is 14.2 Å². The van der Waals surface area contributed by atoms with E-state index in [1.807, 2.05) is 31.2 Å². The molecule has 0 bridgehead atoms. The van der Waals surface area contributed by atoms with Crippen LogP contribution >= 0.6 is 35.7 Å². The van der Waals surface area contributed by atoms with Crippen molar-refractivity contribution >= 4 is 113 Å². The van der Waals surface area contributed by atoms with Crippen LogP contribution in [0.15, 0.2) is 39.1 Å². The van der Waals surface area contributed by atoms with Crippen molar-refractivity contribution in [1.29, 1.82) is 0 Å². The Labute approximate surface area is 202 Å². The number of thiocarbonyl (C=S) groups is 1. The Kier molecular flexibility index (Phi) is 7.62. The predicted molar refractivity (Wildman–Crippen MR) is 106 cm³/mol. The van der Waals surface area contributed by atoms with E-state index in [1.165, 1.54) is 28.4 Å². The van der Waals surface area contributed by atoms with Crippen LogP contribution in [-0.2, 0) is 14.9 Å². The van der Waals surface area contributed by atoms with Gasteiger partial charge in [0.2, 0.25) is 0 Å². The van der Waals surface area contributed by atoms with Crippen molar-refractivity contribution in [1.82, 2.24) is 4.90 Å². The van der Waals surface area contributed by atoms with Gasteiger partial charge in [-0.15, -0.1) is 0 Å². The van der Waals surface area contributed by atoms with Gasteiger partial charge < -0.3 is 4.90 Å². The first kappa shape index (κ1) is 21.9. The molecular formula is C14H14KN2O4S4. The van der Waals surface area contributed by atoms with Gasteiger partial charge in [0.1, 0.15) is 14.3 Å². The molecular weight excluding hydrogens is 428 g/mol. The van der Waals surface area contributed by atoms with Crippen LogP contribution in [0.2, 0.25) is 0 Å². The molecule has 25 heavy (non-hydrogen) atoms. The summed E-state index contributed by atoms with van der Waals surface area (Å²) in [7, 11) is -4.15. The Morgan fingerprint density at radius 3 is 2.52 bits per heavy atom. The Hall–Kier alpha value is 0.566. The molecule has 1 N–H and O–H groups in total. The number of fused-ring (bicyclic) bond motifs is 1. The molecule has 2 heterocycles. The molecule has 1 saturated heterocycles. The maximum Gasteiger partial charge on any atom is 0.268 e. The number of amides is 1. The van der Waals surface area contributed by atoms with Gasteiger partial charge in [-0.1, -0.05) is 47.9 Å². The number of hydrogen-bond acceptors (Lipinski definition) is 7. The number of para-hydroxylation sites is 1. The number of anilines is 1. The fourth-order valence-corrected chi connectivity index (χ4v) is 5.54. The van der Waals surface area contributed by atoms with Crippen molar-refractivity contribution < 1.29 is 17.8 Å². The Morgan fingerprint density at radius 2 is 1.88 bits per heavy atom. The van der Waals surface area contributed by atoms with E-state index in [-0.39, 0.29) is 63.8 Å². The first-order chi connectivity index (χ1) is 11.3. The molecule has 2 aliphatic rings. The minimum Gasteiger partial charge on any atom is -0.334 e. The van der Waals surface area contributed by atoms with E-state index >= 15 is 0 Å². The zero-order valence-electron chi connectivity index (χ0n) is 13.6. The molecule has 0 aliphatic carbocycles. The van der Waals surface area contributed by atoms with Crippen molar-refractivity contribution in [3.63, 3.8) is 0 Å². The summed E-state index contributed by atoms with van der Waals surface area (Å²) in [4.78, 5) is 17.5. The topological polar surface area (TPSA) is 77.9 Å². The molecule has 11 heteroatoms. The summed E-state index contributed by atoms with van der Waals surface area (Å²) < 4.78 is 31.0. The molecule has 2 aliphatic heterocycles. The van der Waals surface area contributed by atoms with E-state index in [1.54, 1.807) is 0 Å². The Bertz CT molecular complexity index is 856. The van der Waals surface area contributed by atoms with E-state index < -0.39 is 15.9 Å². The van der Waals surface area contributed by atoms with Crippen LogP contribution in [0, 0.1) is 0 Å². The van der Waals surface area contributed by atoms with Crippen LogP contribution in [0.3, 0.4) is 0 Å². The second-order valence-electron chi connectivity index (χ2n) is 5.06. The summed E-state index contributed by atoms with van der Waals surface area (Å²) in [6.07, 6.45) is 0. The smallest absolute Gasteiger partial charge is 0.268 e. The number of nitrogens with zero attached hydrogens (tertiary/aromatic N) is 2. The number of hydrogen-bond donors (Lipinski definition) is 1. The summed E-state index contributed by atoms with van der Waals surface area (Å²) in [5, 5.41) is 0.811. The monoisotopic (exact) mass is 441 g/mol. The van der Waals surface area contributed by atoms with Gasteiger partial charge in [0, 0.05) is 69.4 Å². The van der Waals surface area contributed by atoms with Crippen LogP contribution in [0.5, 0.6) is 0 Å². The second-order valence-corrected chi connectivity index (χ2v) is 9.31. The molecule has 1 aromatic rings. The van der Waals surface area contributed by atoms with Gasteiger partial charge in [0.05, 0.1) is 11.4 Å². The molecule has 0 aromatic heterocycles. The summed E-state index contributed by atoms with van der Waals surface area (Å²) in [5.74, 6) is -0.852. The van der Waals surface area contributed by atoms with E-state index in [0.29, 0.717) is 15.8 Å². The number of carbonyl (C=O) groups is 1. The van der Waals surface area contributed by atoms with Gasteiger partial charge in [-0.05, 0) is 19.1 Å². The third-order valence-electron chi connectivity index (χ3n) is 3.54. The van der Waals surface area contributed by atoms with Crippen molar-refractivity contribution in [2.75, 3.05) is 23.7 Å². The quantitative estimate of drug-likeness (QED) is 0.330. The van der Waals surface area contributed by atoms with Crippen LogP contribution < -0.4 is 4.90 Å². The van der Waals surface area contributed by atoms with Gasteiger partial charge in [0.15, 0.2) is 0 Å². The zero-order valence-corrected chi connectivity index (χ0v) is 20.0. The second kappa shape index (κ2) is 8.72. The first-order valence-electron chi connectivity index (χ1n) is 7.09. The van der Waals surface area contributed by atoms with Crippen LogP contribution in [0.4, 0.5) is 5.69 Å². The Balaban J connectivity index is 0.00000225. The van der Waals surface area contributed by atoms with Gasteiger partial charge in [0.25, 0.3) is 16.0 Å². The van der Waals surface area contributed by atoms with E-state index in [0.717, 1.165) is 15.6 Å². The van der Waals surface area contributed by atoms with Crippen molar-refractivity contribution in [2.24, 2.45) is 0 Å². The van der Waals surface area contributed by atoms with Gasteiger partial charge in [-0.25, -0.2) is 0 Å². The average Bonchev–Trinajstić information content (AvgIpc) is 3.02. The van der Waals surface area contributed by atoms with Gasteiger partial charge in [-0.2, -0.15) is 8.42 Å². The molecule has 6 nitrogen and oxygen atoms in total. The molecule has 0 spiro atoms. The largest absolute Gasteiger partial charge is 0.334 e. The molecule has 1 fully saturated rings. The summed E-state index contributed by atoms with van der Waals surface area (Å²) >= 11 is 7.88. The summed E-state index contributed by atoms with van der Waals surface area (Å²) in [6, 6.07) is 7.88. The maximum atomic E-state index is 12.7. The zero-order chi connectivity index (χ0) is 17.5. The number of rotatable bonds is 4. The molecule has 0 unspecified atom stereocenters. The predicted octanol–water partition coefficient (Wildman–Crippen LogP) is 2.16. The van der Waals surface area contributed by atoms with Gasteiger partial charge >= 0.3 is 0 Å². The fourth-order valence-electron chi connectivity index (χ4n) is 2.44. The molecule has 1 amide bonds. The minimum absolute atomic E-state index is 0. The normalized spacial score (nSPS) is 20.1. The molecule has 3 rings (SSSR count). The number of thioether (sulfide) groups is 2. The molecule has 0 saturated carbocycles. The third kappa shape index (κ3) is 4.70. The SMILES string of the molecule is CCN1C(=C2SC(=S)N(CCS(=O)(=O)O)C2=O)Sc2ccccc21.[K]. The number of benzene rings is 1. The molecule has 0 atom stereocenters. The van der Waals surface area contributed by atoms with E-state index in [2.05, 4.69) is 4.90 Å². The van der Waals surface area contributed by atoms with E-state index in [9.17, 15) is 13.2 Å². The van der Waals surface area contributed by atoms with Crippen LogP contribution in [0.25, 0.3) is 0 Å². The summed E-state index contributed by atoms with van der Waals surface area (Å²) in [6.45, 7) is 2.56. The van der Waals surface area contributed by atoms with Crippen LogP contribution in [-0.4, -0.2) is 98.3 Å². The Morgan fingerprint density at radius 1 is 1.20 bits per heavy atom. The summed E-state index contributed by atoms with van der Waals surface area (Å²) in [5.41, 5.74) is 1.04. The van der Waals surface area contributed by atoms with Crippen LogP contribution in [0.1, 0.15) is 6.92 Å². The maximum absolute atomic E-state index is 12.7. The molecule has 1 aromatic carbocycles. The first-order valence-corrected chi connectivity index (χ1v) is 10.7. The van der Waals surface area contributed by atoms with Crippen molar-refractivity contribution in [2.45, 2.75) is 11.8 Å². The molecule has 129 valence electrons. The van der Waals surface area contributed by atoms with Crippen molar-refractivity contribution in [3.8, 4) is 0 Å². The third-order valence-corrected chi connectivity index (χ3v) is 6.99. The van der Waals surface area contributed by atoms with Crippen molar-refractivity contribution in [3.05, 3.63) is 34.2 Å². The van der Waals surface area contributed by atoms with E-state index in [4.69, 9.17) is 16.8 Å². The molecule has 1 radical (unpaired) electrons. The number of carbonyl (C=O) groups excluding carboxylic acids is 1. The fraction of sp³-hybridized carbons (Fsp3) is 0.286. The minimum atomic E-state index is -4.15. The average molecular weight is 442 g/mol.